The van der Waals surface area contributed by atoms with Gasteiger partial charge in [0, 0.05) is 11.8 Å². The van der Waals surface area contributed by atoms with Crippen LogP contribution in [0.15, 0.2) is 12.2 Å². The van der Waals surface area contributed by atoms with Crippen LogP contribution >= 0.6 is 0 Å². The van der Waals surface area contributed by atoms with E-state index in [1.165, 1.54) is 7.11 Å². The van der Waals surface area contributed by atoms with Gasteiger partial charge in [0.2, 0.25) is 0 Å². The number of hydrogen-bond donors (Lipinski definition) is 0. The average molecular weight is 210 g/mol. The molecule has 0 bridgehead atoms. The van der Waals surface area contributed by atoms with Crippen LogP contribution in [-0.2, 0) is 14.3 Å². The Kier molecular flexibility index (Phi) is 4.06. The molecule has 0 fully saturated rings. The van der Waals surface area contributed by atoms with Gasteiger partial charge in [-0.15, -0.1) is 0 Å². The van der Waals surface area contributed by atoms with Crippen LogP contribution in [-0.4, -0.2) is 18.9 Å². The van der Waals surface area contributed by atoms with Gasteiger partial charge in [-0.3, -0.25) is 9.59 Å². The number of carbonyl (C=O) groups is 2. The summed E-state index contributed by atoms with van der Waals surface area (Å²) in [4.78, 5) is 22.9. The topological polar surface area (TPSA) is 43.4 Å². The third-order valence-electron chi connectivity index (χ3n) is 3.29. The second-order valence-corrected chi connectivity index (χ2v) is 4.02. The first-order chi connectivity index (χ1) is 7.14. The Morgan fingerprint density at radius 3 is 2.87 bits per heavy atom. The summed E-state index contributed by atoms with van der Waals surface area (Å²) in [6.07, 6.45) is 7.10. The molecule has 3 heteroatoms. The molecule has 0 N–H and O–H groups in total. The van der Waals surface area contributed by atoms with E-state index >= 15 is 0 Å². The molecule has 1 aliphatic carbocycles. The molecular formula is C12H18O3. The van der Waals surface area contributed by atoms with Gasteiger partial charge in [0.1, 0.15) is 0 Å². The fourth-order valence-corrected chi connectivity index (χ4v) is 2.07. The Labute approximate surface area is 90.5 Å². The molecule has 0 aliphatic heterocycles. The summed E-state index contributed by atoms with van der Waals surface area (Å²) >= 11 is 0. The number of rotatable bonds is 4. The molecule has 0 saturated heterocycles. The lowest BCUT2D eigenvalue weighted by atomic mass is 9.71. The third kappa shape index (κ3) is 2.67. The first-order valence-corrected chi connectivity index (χ1v) is 5.42. The average Bonchev–Trinajstić information content (AvgIpc) is 2.28. The maximum absolute atomic E-state index is 11.8. The zero-order valence-corrected chi connectivity index (χ0v) is 9.41. The molecule has 0 saturated carbocycles. The lowest BCUT2D eigenvalue weighted by molar-refractivity contribution is -0.141. The quantitative estimate of drug-likeness (QED) is 0.668. The molecule has 0 amide bonds. The SMILES string of the molecule is CC[C@]1(CCC(=O)OC)CCC=CC1=O. The standard InChI is InChI=1S/C12H18O3/c1-3-12(9-7-11(14)15-2)8-5-4-6-10(12)13/h4,6H,3,5,7-9H2,1-2H3/t12-/m1/s1. The van der Waals surface area contributed by atoms with Crippen molar-refractivity contribution in [3.05, 3.63) is 12.2 Å². The van der Waals surface area contributed by atoms with E-state index in [-0.39, 0.29) is 17.2 Å². The van der Waals surface area contributed by atoms with Crippen molar-refractivity contribution < 1.29 is 14.3 Å². The Bertz CT molecular complexity index is 281. The van der Waals surface area contributed by atoms with E-state index in [2.05, 4.69) is 4.74 Å². The summed E-state index contributed by atoms with van der Waals surface area (Å²) < 4.78 is 4.60. The van der Waals surface area contributed by atoms with E-state index in [1.54, 1.807) is 6.08 Å². The largest absolute Gasteiger partial charge is 0.469 e. The molecule has 0 unspecified atom stereocenters. The highest BCUT2D eigenvalue weighted by Crippen LogP contribution is 2.37. The molecule has 0 aromatic carbocycles. The fraction of sp³-hybridized carbons (Fsp3) is 0.667. The summed E-state index contributed by atoms with van der Waals surface area (Å²) in [5.41, 5.74) is -0.317. The molecular weight excluding hydrogens is 192 g/mol. The van der Waals surface area contributed by atoms with E-state index in [0.717, 1.165) is 19.3 Å². The minimum absolute atomic E-state index is 0.167. The van der Waals surface area contributed by atoms with Crippen LogP contribution in [0.2, 0.25) is 0 Å². The van der Waals surface area contributed by atoms with Crippen molar-refractivity contribution in [3.8, 4) is 0 Å². The Hall–Kier alpha value is -1.12. The van der Waals surface area contributed by atoms with Gasteiger partial charge < -0.3 is 4.74 Å². The fourth-order valence-electron chi connectivity index (χ4n) is 2.07. The van der Waals surface area contributed by atoms with Gasteiger partial charge in [-0.2, -0.15) is 0 Å². The first kappa shape index (κ1) is 12.0. The zero-order chi connectivity index (χ0) is 11.3. The van der Waals surface area contributed by atoms with Crippen molar-refractivity contribution in [1.82, 2.24) is 0 Å². The summed E-state index contributed by atoms with van der Waals surface area (Å²) in [7, 11) is 1.38. The Morgan fingerprint density at radius 2 is 2.33 bits per heavy atom. The van der Waals surface area contributed by atoms with Crippen molar-refractivity contribution in [2.75, 3.05) is 7.11 Å². The van der Waals surface area contributed by atoms with Crippen LogP contribution in [0.3, 0.4) is 0 Å². The van der Waals surface area contributed by atoms with Crippen LogP contribution in [0, 0.1) is 5.41 Å². The van der Waals surface area contributed by atoms with Crippen molar-refractivity contribution in [3.63, 3.8) is 0 Å². The molecule has 3 nitrogen and oxygen atoms in total. The lowest BCUT2D eigenvalue weighted by Gasteiger charge is -2.31. The number of ketones is 1. The van der Waals surface area contributed by atoms with E-state index < -0.39 is 0 Å². The Balaban J connectivity index is 2.64. The number of hydrogen-bond acceptors (Lipinski definition) is 3. The molecule has 15 heavy (non-hydrogen) atoms. The van der Waals surface area contributed by atoms with E-state index in [9.17, 15) is 9.59 Å². The minimum atomic E-state index is -0.317. The Morgan fingerprint density at radius 1 is 1.60 bits per heavy atom. The second kappa shape index (κ2) is 5.10. The lowest BCUT2D eigenvalue weighted by Crippen LogP contribution is -2.32. The second-order valence-electron chi connectivity index (χ2n) is 4.02. The number of ether oxygens (including phenoxy) is 1. The van der Waals surface area contributed by atoms with Gasteiger partial charge in [0.05, 0.1) is 7.11 Å². The van der Waals surface area contributed by atoms with Crippen LogP contribution in [0.5, 0.6) is 0 Å². The van der Waals surface area contributed by atoms with E-state index in [4.69, 9.17) is 0 Å². The zero-order valence-electron chi connectivity index (χ0n) is 9.41. The normalized spacial score (nSPS) is 25.3. The number of carbonyl (C=O) groups excluding carboxylic acids is 2. The summed E-state index contributed by atoms with van der Waals surface area (Å²) in [6, 6.07) is 0. The molecule has 0 spiro atoms. The number of methoxy groups -OCH3 is 1. The maximum Gasteiger partial charge on any atom is 0.305 e. The smallest absolute Gasteiger partial charge is 0.305 e. The molecule has 0 aromatic heterocycles. The summed E-state index contributed by atoms with van der Waals surface area (Å²) in [6.45, 7) is 2.01. The predicted octanol–water partition coefficient (Wildman–Crippen LogP) is 2.26. The highest BCUT2D eigenvalue weighted by Gasteiger charge is 2.36. The maximum atomic E-state index is 11.8. The van der Waals surface area contributed by atoms with E-state index in [1.807, 2.05) is 13.0 Å². The third-order valence-corrected chi connectivity index (χ3v) is 3.29. The van der Waals surface area contributed by atoms with Crippen LogP contribution < -0.4 is 0 Å². The monoisotopic (exact) mass is 210 g/mol. The van der Waals surface area contributed by atoms with Crippen LogP contribution in [0.4, 0.5) is 0 Å². The van der Waals surface area contributed by atoms with Crippen molar-refractivity contribution in [2.45, 2.75) is 39.0 Å². The molecule has 0 heterocycles. The van der Waals surface area contributed by atoms with Gasteiger partial charge in [-0.1, -0.05) is 13.0 Å². The number of esters is 1. The van der Waals surface area contributed by atoms with Crippen molar-refractivity contribution in [2.24, 2.45) is 5.41 Å². The molecule has 0 aromatic rings. The van der Waals surface area contributed by atoms with E-state index in [0.29, 0.717) is 12.8 Å². The van der Waals surface area contributed by atoms with Gasteiger partial charge >= 0.3 is 5.97 Å². The van der Waals surface area contributed by atoms with Crippen LogP contribution in [0.25, 0.3) is 0 Å². The molecule has 1 atom stereocenters. The minimum Gasteiger partial charge on any atom is -0.469 e. The van der Waals surface area contributed by atoms with Gasteiger partial charge in [0.15, 0.2) is 5.78 Å². The predicted molar refractivity (Wildman–Crippen MR) is 57.4 cm³/mol. The van der Waals surface area contributed by atoms with Crippen molar-refractivity contribution >= 4 is 11.8 Å². The molecule has 84 valence electrons. The molecule has 0 radical (unpaired) electrons. The first-order valence-electron chi connectivity index (χ1n) is 5.42. The van der Waals surface area contributed by atoms with Gasteiger partial charge in [0.25, 0.3) is 0 Å². The number of allylic oxidation sites excluding steroid dienone is 2. The molecule has 1 aliphatic rings. The highest BCUT2D eigenvalue weighted by atomic mass is 16.5. The van der Waals surface area contributed by atoms with Gasteiger partial charge in [-0.25, -0.2) is 0 Å². The van der Waals surface area contributed by atoms with Crippen molar-refractivity contribution in [1.29, 1.82) is 0 Å². The van der Waals surface area contributed by atoms with Gasteiger partial charge in [-0.05, 0) is 31.8 Å². The summed E-state index contributed by atoms with van der Waals surface area (Å²) in [5, 5.41) is 0. The highest BCUT2D eigenvalue weighted by molar-refractivity contribution is 5.95. The molecule has 1 rings (SSSR count). The summed E-state index contributed by atoms with van der Waals surface area (Å²) in [5.74, 6) is -0.0645. The van der Waals surface area contributed by atoms with Crippen LogP contribution in [0.1, 0.15) is 39.0 Å².